The van der Waals surface area contributed by atoms with Gasteiger partial charge in [-0.1, -0.05) is 71.1 Å². The largest absolute Gasteiger partial charge is 0.460 e. The van der Waals surface area contributed by atoms with Crippen molar-refractivity contribution in [3.05, 3.63) is 47.6 Å². The minimum absolute atomic E-state index is 0.0193. The van der Waals surface area contributed by atoms with E-state index in [1.54, 1.807) is 41.1 Å². The summed E-state index contributed by atoms with van der Waals surface area (Å²) in [5, 5.41) is 33.8. The Balaban J connectivity index is 1.70. The molecular formula is C51H79NO13. The molecule has 1 aliphatic carbocycles. The number of rotatable bonds is 6. The molecule has 3 fully saturated rings. The van der Waals surface area contributed by atoms with Gasteiger partial charge < -0.3 is 43.9 Å². The van der Waals surface area contributed by atoms with Crippen LogP contribution in [0.15, 0.2) is 47.6 Å². The molecule has 0 aromatic carbocycles. The zero-order valence-electron chi connectivity index (χ0n) is 40.6. The second-order valence-electron chi connectivity index (χ2n) is 19.6. The lowest BCUT2D eigenvalue weighted by Gasteiger charge is -2.42. The Morgan fingerprint density at radius 1 is 0.846 bits per heavy atom. The zero-order valence-corrected chi connectivity index (χ0v) is 40.6. The van der Waals surface area contributed by atoms with Crippen molar-refractivity contribution in [2.45, 2.75) is 180 Å². The number of hydrogen-bond donors (Lipinski definition) is 3. The SMILES string of the molecule is CO[C@H]1C[C@@H]2CC[C@@H](C)[C@@](O)(O2)C(=O)C(=O)N2CCCC[C@H]2C(=O)O[C@H]([C@@H](C)C[C@@H]2CCC(O)[C@H](OC)C2)CC(=O)[C@H](C)/C=C(\C)[C@@H](O)[C@@H](OC)C(=O)[C@H](C)CC(C)/C=C/C=C/C=C/1C. The molecule has 65 heavy (non-hydrogen) atoms. The Kier molecular flexibility index (Phi) is 21.0. The van der Waals surface area contributed by atoms with Crippen LogP contribution in [0.5, 0.6) is 0 Å². The molecular weight excluding hydrogens is 835 g/mol. The van der Waals surface area contributed by atoms with Crippen LogP contribution in [0.2, 0.25) is 0 Å². The molecule has 366 valence electrons. The molecule has 3 heterocycles. The van der Waals surface area contributed by atoms with Crippen LogP contribution in [0.25, 0.3) is 0 Å². The Morgan fingerprint density at radius 2 is 1.57 bits per heavy atom. The molecule has 1 amide bonds. The van der Waals surface area contributed by atoms with Crippen LogP contribution in [-0.4, -0.2) is 132 Å². The molecule has 2 unspecified atom stereocenters. The van der Waals surface area contributed by atoms with Gasteiger partial charge in [-0.25, -0.2) is 4.79 Å². The average Bonchev–Trinajstić information content (AvgIpc) is 3.28. The zero-order chi connectivity index (χ0) is 48.2. The second kappa shape index (κ2) is 25.1. The maximum absolute atomic E-state index is 14.4. The van der Waals surface area contributed by atoms with E-state index in [1.807, 2.05) is 58.1 Å². The highest BCUT2D eigenvalue weighted by molar-refractivity contribution is 6.39. The van der Waals surface area contributed by atoms with E-state index < -0.39 is 83.9 Å². The van der Waals surface area contributed by atoms with E-state index in [0.717, 1.165) is 12.0 Å². The van der Waals surface area contributed by atoms with Crippen molar-refractivity contribution >= 4 is 29.2 Å². The normalized spacial score (nSPS) is 40.4. The van der Waals surface area contributed by atoms with Gasteiger partial charge in [0, 0.05) is 58.5 Å². The third-order valence-corrected chi connectivity index (χ3v) is 14.5. The Morgan fingerprint density at radius 3 is 2.25 bits per heavy atom. The maximum Gasteiger partial charge on any atom is 0.329 e. The lowest BCUT2D eigenvalue weighted by molar-refractivity contribution is -0.265. The van der Waals surface area contributed by atoms with Crippen molar-refractivity contribution in [3.63, 3.8) is 0 Å². The van der Waals surface area contributed by atoms with Crippen LogP contribution < -0.4 is 0 Å². The van der Waals surface area contributed by atoms with Gasteiger partial charge in [-0.3, -0.25) is 19.2 Å². The molecule has 2 bridgehead atoms. The summed E-state index contributed by atoms with van der Waals surface area (Å²) >= 11 is 0. The van der Waals surface area contributed by atoms with Crippen LogP contribution in [0.4, 0.5) is 0 Å². The van der Waals surface area contributed by atoms with Gasteiger partial charge in [0.2, 0.25) is 5.79 Å². The predicted molar refractivity (Wildman–Crippen MR) is 245 cm³/mol. The first-order chi connectivity index (χ1) is 30.7. The van der Waals surface area contributed by atoms with Crippen molar-refractivity contribution in [2.24, 2.45) is 35.5 Å². The number of cyclic esters (lactones) is 1. The summed E-state index contributed by atoms with van der Waals surface area (Å²) in [4.78, 5) is 71.8. The number of methoxy groups -OCH3 is 3. The number of piperidine rings is 1. The molecule has 0 spiro atoms. The highest BCUT2D eigenvalue weighted by Gasteiger charge is 2.53. The van der Waals surface area contributed by atoms with Gasteiger partial charge in [-0.2, -0.15) is 0 Å². The summed E-state index contributed by atoms with van der Waals surface area (Å²) in [5.41, 5.74) is 1.27. The maximum atomic E-state index is 14.4. The van der Waals surface area contributed by atoms with E-state index in [-0.39, 0.29) is 54.8 Å². The van der Waals surface area contributed by atoms with E-state index >= 15 is 0 Å². The van der Waals surface area contributed by atoms with Gasteiger partial charge in [-0.15, -0.1) is 0 Å². The second-order valence-corrected chi connectivity index (χ2v) is 19.6. The number of esters is 1. The fourth-order valence-electron chi connectivity index (χ4n) is 10.1. The molecule has 2 saturated heterocycles. The monoisotopic (exact) mass is 914 g/mol. The quantitative estimate of drug-likeness (QED) is 0.156. The number of nitrogens with zero attached hydrogens (tertiary/aromatic N) is 1. The number of allylic oxidation sites excluding steroid dienone is 6. The van der Waals surface area contributed by atoms with Crippen molar-refractivity contribution in [1.29, 1.82) is 0 Å². The van der Waals surface area contributed by atoms with Gasteiger partial charge in [0.1, 0.15) is 30.1 Å². The molecule has 1 saturated carbocycles. The number of amides is 1. The number of ketones is 3. The summed E-state index contributed by atoms with van der Waals surface area (Å²) in [5.74, 6) is -7.96. The predicted octanol–water partition coefficient (Wildman–Crippen LogP) is 6.18. The molecule has 4 aliphatic rings. The van der Waals surface area contributed by atoms with Gasteiger partial charge in [0.05, 0.1) is 24.4 Å². The summed E-state index contributed by atoms with van der Waals surface area (Å²) < 4.78 is 29.4. The Hall–Kier alpha value is -3.37. The number of aliphatic hydroxyl groups excluding tert-OH is 2. The number of hydrogen-bond acceptors (Lipinski definition) is 13. The number of Topliss-reactive ketones (excluding diaryl/α,β-unsaturated/α-hetero) is 3. The summed E-state index contributed by atoms with van der Waals surface area (Å²) in [6.07, 6.45) is 11.2. The van der Waals surface area contributed by atoms with Crippen LogP contribution in [0, 0.1) is 35.5 Å². The van der Waals surface area contributed by atoms with Gasteiger partial charge in [-0.05, 0) is 107 Å². The van der Waals surface area contributed by atoms with E-state index in [1.165, 1.54) is 12.0 Å². The molecule has 3 N–H and O–H groups in total. The summed E-state index contributed by atoms with van der Waals surface area (Å²) in [6, 6.07) is -1.14. The molecule has 15 atom stereocenters. The van der Waals surface area contributed by atoms with E-state index in [4.69, 9.17) is 23.7 Å². The third-order valence-electron chi connectivity index (χ3n) is 14.5. The number of ether oxygens (including phenoxy) is 5. The molecule has 14 heteroatoms. The van der Waals surface area contributed by atoms with Crippen molar-refractivity contribution in [2.75, 3.05) is 27.9 Å². The van der Waals surface area contributed by atoms with Crippen LogP contribution >= 0.6 is 0 Å². The number of fused-ring (bicyclic) bond motifs is 3. The lowest BCUT2D eigenvalue weighted by atomic mass is 9.78. The Labute approximate surface area is 387 Å². The fourth-order valence-corrected chi connectivity index (χ4v) is 10.1. The van der Waals surface area contributed by atoms with E-state index in [2.05, 4.69) is 0 Å². The van der Waals surface area contributed by atoms with Gasteiger partial charge >= 0.3 is 5.97 Å². The van der Waals surface area contributed by atoms with Crippen LogP contribution in [0.3, 0.4) is 0 Å². The first-order valence-electron chi connectivity index (χ1n) is 23.9. The first-order valence-corrected chi connectivity index (χ1v) is 23.9. The summed E-state index contributed by atoms with van der Waals surface area (Å²) in [7, 11) is 4.52. The minimum atomic E-state index is -2.43. The minimum Gasteiger partial charge on any atom is -0.460 e. The molecule has 14 nitrogen and oxygen atoms in total. The van der Waals surface area contributed by atoms with E-state index in [0.29, 0.717) is 63.4 Å². The fraction of sp³-hybridized carbons (Fsp3) is 0.745. The lowest BCUT2D eigenvalue weighted by Crippen LogP contribution is -2.61. The number of aliphatic hydroxyl groups is 3. The van der Waals surface area contributed by atoms with Crippen molar-refractivity contribution < 1.29 is 63.0 Å². The van der Waals surface area contributed by atoms with Crippen molar-refractivity contribution in [1.82, 2.24) is 4.90 Å². The molecule has 3 aliphatic heterocycles. The Bertz CT molecular complexity index is 1760. The number of carbonyl (C=O) groups is 5. The standard InChI is InChI=1S/C51H79NO13/c1-30-16-12-11-13-17-31(2)42(61-8)28-38-21-19-36(7)51(60,65-38)48(57)49(58)52-23-15-14-18-39(52)50(59)64-43(33(4)26-37-20-22-40(53)44(27-37)62-9)29-41(54)32(3)25-35(6)46(56)47(63-10)45(55)34(5)24-30/h11-13,16-17,25,30,32-34,36-40,42-44,46-47,53,56,60H,14-15,18-24,26-29H2,1-10H3/b13-11+,16-12+,31-17+,35-25+/t30?,32-,33+,34-,36-,37+,38+,39+,40?,42+,43+,44-,46-,47+,51-/m1/s1. The molecule has 4 rings (SSSR count). The summed E-state index contributed by atoms with van der Waals surface area (Å²) in [6.45, 7) is 12.7. The molecule has 0 radical (unpaired) electrons. The van der Waals surface area contributed by atoms with E-state index in [9.17, 15) is 39.3 Å². The highest BCUT2D eigenvalue weighted by atomic mass is 16.6. The van der Waals surface area contributed by atoms with Gasteiger partial charge in [0.15, 0.2) is 5.78 Å². The average molecular weight is 914 g/mol. The highest BCUT2D eigenvalue weighted by Crippen LogP contribution is 2.38. The van der Waals surface area contributed by atoms with Crippen LogP contribution in [0.1, 0.15) is 126 Å². The number of carbonyl (C=O) groups excluding carboxylic acids is 5. The third kappa shape index (κ3) is 14.3. The van der Waals surface area contributed by atoms with Crippen LogP contribution in [-0.2, 0) is 47.7 Å². The molecule has 0 aromatic heterocycles. The first kappa shape index (κ1) is 54.2. The van der Waals surface area contributed by atoms with Gasteiger partial charge in [0.25, 0.3) is 11.7 Å². The topological polar surface area (TPSA) is 195 Å². The smallest absolute Gasteiger partial charge is 0.329 e. The van der Waals surface area contributed by atoms with Crippen molar-refractivity contribution in [3.8, 4) is 0 Å². The molecule has 0 aromatic rings.